The van der Waals surface area contributed by atoms with Crippen LogP contribution in [-0.4, -0.2) is 41.6 Å². The molecule has 20 heavy (non-hydrogen) atoms. The minimum absolute atomic E-state index is 0.0111. The first-order chi connectivity index (χ1) is 9.72. The maximum Gasteiger partial charge on any atom is 0.249 e. The predicted octanol–water partition coefficient (Wildman–Crippen LogP) is 1.78. The highest BCUT2D eigenvalue weighted by Crippen LogP contribution is 2.14. The molecule has 0 aromatic carbocycles. The Labute approximate surface area is 124 Å². The van der Waals surface area contributed by atoms with Crippen LogP contribution in [0.3, 0.4) is 0 Å². The minimum Gasteiger partial charge on any atom is -0.368 e. The van der Waals surface area contributed by atoms with Crippen molar-refractivity contribution in [1.82, 2.24) is 15.2 Å². The third-order valence-corrected chi connectivity index (χ3v) is 4.41. The van der Waals surface area contributed by atoms with Gasteiger partial charge >= 0.3 is 0 Å². The lowest BCUT2D eigenvalue weighted by atomic mass is 10.2. The quantitative estimate of drug-likeness (QED) is 0.833. The fraction of sp³-hybridized carbons (Fsp3) is 0.714. The number of rotatable bonds is 7. The third-order valence-electron chi connectivity index (χ3n) is 3.52. The Bertz CT molecular complexity index is 426. The van der Waals surface area contributed by atoms with Crippen LogP contribution in [0.25, 0.3) is 0 Å². The molecule has 0 radical (unpaired) electrons. The molecule has 112 valence electrons. The van der Waals surface area contributed by atoms with Gasteiger partial charge in [0.15, 0.2) is 0 Å². The van der Waals surface area contributed by atoms with E-state index in [1.165, 1.54) is 0 Å². The van der Waals surface area contributed by atoms with Gasteiger partial charge in [0.25, 0.3) is 0 Å². The number of hydrogen-bond donors (Lipinski definition) is 1. The van der Waals surface area contributed by atoms with Crippen LogP contribution in [0.5, 0.6) is 0 Å². The molecule has 1 fully saturated rings. The van der Waals surface area contributed by atoms with E-state index in [9.17, 15) is 4.79 Å². The summed E-state index contributed by atoms with van der Waals surface area (Å²) >= 11 is 1.60. The lowest BCUT2D eigenvalue weighted by Crippen LogP contribution is -2.33. The van der Waals surface area contributed by atoms with Gasteiger partial charge in [0, 0.05) is 18.5 Å². The first-order valence-corrected chi connectivity index (χ1v) is 8.15. The Morgan fingerprint density at radius 1 is 1.55 bits per heavy atom. The molecule has 1 aliphatic rings. The molecule has 6 heteroatoms. The van der Waals surface area contributed by atoms with E-state index in [1.54, 1.807) is 11.3 Å². The van der Waals surface area contributed by atoms with Crippen LogP contribution >= 0.6 is 11.3 Å². The zero-order valence-electron chi connectivity index (χ0n) is 12.2. The molecule has 5 nitrogen and oxygen atoms in total. The molecule has 0 bridgehead atoms. The summed E-state index contributed by atoms with van der Waals surface area (Å²) in [5, 5.41) is 5.94. The molecule has 1 amide bonds. The van der Waals surface area contributed by atoms with Crippen LogP contribution in [0.15, 0.2) is 5.38 Å². The first-order valence-electron chi connectivity index (χ1n) is 7.27. The molecule has 0 spiro atoms. The van der Waals surface area contributed by atoms with Crippen molar-refractivity contribution in [3.63, 3.8) is 0 Å². The van der Waals surface area contributed by atoms with Crippen molar-refractivity contribution in [3.8, 4) is 0 Å². The van der Waals surface area contributed by atoms with Crippen molar-refractivity contribution < 1.29 is 9.53 Å². The lowest BCUT2D eigenvalue weighted by Gasteiger charge is -2.15. The molecule has 1 aromatic rings. The Balaban J connectivity index is 1.78. The Kier molecular flexibility index (Phi) is 5.94. The number of carbonyl (C=O) groups is 1. The minimum atomic E-state index is -0.259. The summed E-state index contributed by atoms with van der Waals surface area (Å²) in [6.07, 6.45) is 1.55. The average molecular weight is 297 g/mol. The van der Waals surface area contributed by atoms with Crippen molar-refractivity contribution in [3.05, 3.63) is 16.1 Å². The van der Waals surface area contributed by atoms with Crippen LogP contribution in [0, 0.1) is 0 Å². The highest BCUT2D eigenvalue weighted by molar-refractivity contribution is 7.09. The highest BCUT2D eigenvalue weighted by atomic mass is 32.1. The van der Waals surface area contributed by atoms with Gasteiger partial charge in [-0.25, -0.2) is 4.98 Å². The number of amides is 1. The van der Waals surface area contributed by atoms with E-state index in [2.05, 4.69) is 34.4 Å². The van der Waals surface area contributed by atoms with E-state index in [0.29, 0.717) is 13.2 Å². The summed E-state index contributed by atoms with van der Waals surface area (Å²) in [6, 6.07) is 0. The van der Waals surface area contributed by atoms with Crippen molar-refractivity contribution in [1.29, 1.82) is 0 Å². The van der Waals surface area contributed by atoms with Gasteiger partial charge in [-0.05, 0) is 25.9 Å². The van der Waals surface area contributed by atoms with E-state index >= 15 is 0 Å². The van der Waals surface area contributed by atoms with Gasteiger partial charge in [0.2, 0.25) is 5.91 Å². The molecule has 0 aliphatic carbocycles. The highest BCUT2D eigenvalue weighted by Gasteiger charge is 2.23. The second-order valence-electron chi connectivity index (χ2n) is 4.91. The number of hydrogen-bond acceptors (Lipinski definition) is 5. The zero-order valence-corrected chi connectivity index (χ0v) is 13.0. The zero-order chi connectivity index (χ0) is 14.4. The van der Waals surface area contributed by atoms with E-state index in [0.717, 1.165) is 43.2 Å². The van der Waals surface area contributed by atoms with Crippen LogP contribution in [-0.2, 0) is 22.6 Å². The average Bonchev–Trinajstić information content (AvgIpc) is 3.13. The SMILES string of the molecule is CCN(CC)Cc1csc(CNC(=O)C2CCCO2)n1. The molecule has 2 heterocycles. The Hall–Kier alpha value is -0.980. The van der Waals surface area contributed by atoms with Gasteiger partial charge < -0.3 is 10.1 Å². The number of nitrogens with one attached hydrogen (secondary N) is 1. The van der Waals surface area contributed by atoms with Crippen molar-refractivity contribution >= 4 is 17.2 Å². The van der Waals surface area contributed by atoms with Crippen LogP contribution < -0.4 is 5.32 Å². The normalized spacial score (nSPS) is 18.6. The van der Waals surface area contributed by atoms with Crippen molar-refractivity contribution in [2.45, 2.75) is 45.9 Å². The van der Waals surface area contributed by atoms with E-state index in [1.807, 2.05) is 0 Å². The fourth-order valence-corrected chi connectivity index (χ4v) is 2.96. The largest absolute Gasteiger partial charge is 0.368 e. The molecule has 1 aromatic heterocycles. The number of carbonyl (C=O) groups excluding carboxylic acids is 1. The summed E-state index contributed by atoms with van der Waals surface area (Å²) < 4.78 is 5.35. The van der Waals surface area contributed by atoms with E-state index in [-0.39, 0.29) is 12.0 Å². The summed E-state index contributed by atoms with van der Waals surface area (Å²) in [4.78, 5) is 18.7. The van der Waals surface area contributed by atoms with Gasteiger partial charge in [-0.2, -0.15) is 0 Å². The van der Waals surface area contributed by atoms with Crippen LogP contribution in [0.2, 0.25) is 0 Å². The van der Waals surface area contributed by atoms with Crippen LogP contribution in [0.1, 0.15) is 37.4 Å². The number of aromatic nitrogens is 1. The molecule has 0 saturated carbocycles. The Morgan fingerprint density at radius 3 is 3.00 bits per heavy atom. The standard InChI is InChI=1S/C14H23N3O2S/c1-3-17(4-2)9-11-10-20-13(16-11)8-15-14(18)12-6-5-7-19-12/h10,12H,3-9H2,1-2H3,(H,15,18). The topological polar surface area (TPSA) is 54.5 Å². The summed E-state index contributed by atoms with van der Waals surface area (Å²) in [6.45, 7) is 8.43. The predicted molar refractivity (Wildman–Crippen MR) is 79.6 cm³/mol. The van der Waals surface area contributed by atoms with Gasteiger partial charge in [0.1, 0.15) is 11.1 Å². The summed E-state index contributed by atoms with van der Waals surface area (Å²) in [5.74, 6) is -0.0111. The molecular weight excluding hydrogens is 274 g/mol. The monoisotopic (exact) mass is 297 g/mol. The fourth-order valence-electron chi connectivity index (χ4n) is 2.24. The molecule has 1 atom stereocenters. The molecular formula is C14H23N3O2S. The molecule has 1 aliphatic heterocycles. The van der Waals surface area contributed by atoms with Crippen LogP contribution in [0.4, 0.5) is 0 Å². The first kappa shape index (κ1) is 15.4. The maximum atomic E-state index is 11.8. The maximum absolute atomic E-state index is 11.8. The Morgan fingerprint density at radius 2 is 2.35 bits per heavy atom. The van der Waals surface area contributed by atoms with Gasteiger partial charge in [-0.3, -0.25) is 9.69 Å². The number of nitrogens with zero attached hydrogens (tertiary/aromatic N) is 2. The second-order valence-corrected chi connectivity index (χ2v) is 5.86. The van der Waals surface area contributed by atoms with Gasteiger partial charge in [0.05, 0.1) is 12.2 Å². The molecule has 1 unspecified atom stereocenters. The molecule has 1 saturated heterocycles. The summed E-state index contributed by atoms with van der Waals surface area (Å²) in [7, 11) is 0. The van der Waals surface area contributed by atoms with Gasteiger partial charge in [-0.1, -0.05) is 13.8 Å². The number of ether oxygens (including phenoxy) is 1. The van der Waals surface area contributed by atoms with E-state index in [4.69, 9.17) is 4.74 Å². The summed E-state index contributed by atoms with van der Waals surface area (Å²) in [5.41, 5.74) is 1.08. The second kappa shape index (κ2) is 7.71. The molecule has 1 N–H and O–H groups in total. The number of thiazole rings is 1. The molecule has 2 rings (SSSR count). The van der Waals surface area contributed by atoms with Crippen molar-refractivity contribution in [2.24, 2.45) is 0 Å². The lowest BCUT2D eigenvalue weighted by molar-refractivity contribution is -0.130. The van der Waals surface area contributed by atoms with E-state index < -0.39 is 0 Å². The van der Waals surface area contributed by atoms with Crippen molar-refractivity contribution in [2.75, 3.05) is 19.7 Å². The smallest absolute Gasteiger partial charge is 0.249 e. The van der Waals surface area contributed by atoms with Gasteiger partial charge in [-0.15, -0.1) is 11.3 Å². The third kappa shape index (κ3) is 4.26.